The van der Waals surface area contributed by atoms with Gasteiger partial charge in [0.25, 0.3) is 5.91 Å². The molecule has 0 aliphatic rings. The number of aliphatic carboxylic acids is 1. The fourth-order valence-corrected chi connectivity index (χ4v) is 1.61. The highest BCUT2D eigenvalue weighted by atomic mass is 16.4. The Bertz CT molecular complexity index is 496. The molecule has 0 fully saturated rings. The van der Waals surface area contributed by atoms with E-state index in [2.05, 4.69) is 11.9 Å². The van der Waals surface area contributed by atoms with E-state index in [1.807, 2.05) is 0 Å². The van der Waals surface area contributed by atoms with Crippen molar-refractivity contribution in [3.05, 3.63) is 42.0 Å². The lowest BCUT2D eigenvalue weighted by Gasteiger charge is -2.14. The molecule has 1 aromatic carbocycles. The minimum atomic E-state index is -1.11. The van der Waals surface area contributed by atoms with Gasteiger partial charge in [0.05, 0.1) is 5.56 Å². The Morgan fingerprint density at radius 2 is 2.16 bits per heavy atom. The van der Waals surface area contributed by atoms with Crippen LogP contribution >= 0.6 is 0 Å². The Morgan fingerprint density at radius 1 is 1.47 bits per heavy atom. The van der Waals surface area contributed by atoms with Gasteiger partial charge in [-0.2, -0.15) is 0 Å². The molecule has 0 aliphatic carbocycles. The van der Waals surface area contributed by atoms with Crippen LogP contribution in [0.2, 0.25) is 0 Å². The molecule has 1 amide bonds. The van der Waals surface area contributed by atoms with Crippen LogP contribution in [-0.4, -0.2) is 28.1 Å². The number of rotatable bonds is 6. The van der Waals surface area contributed by atoms with Gasteiger partial charge < -0.3 is 15.5 Å². The van der Waals surface area contributed by atoms with Crippen molar-refractivity contribution in [3.8, 4) is 5.75 Å². The predicted molar refractivity (Wildman–Crippen MR) is 71.2 cm³/mol. The topological polar surface area (TPSA) is 86.6 Å². The number of carboxylic acids is 1. The minimum Gasteiger partial charge on any atom is -0.507 e. The average Bonchev–Trinajstić information content (AvgIpc) is 2.33. The zero-order valence-corrected chi connectivity index (χ0v) is 10.7. The number of aromatic hydroxyl groups is 1. The first kappa shape index (κ1) is 14.8. The number of amides is 1. The van der Waals surface area contributed by atoms with E-state index in [-0.39, 0.29) is 17.7 Å². The van der Waals surface area contributed by atoms with Crippen molar-refractivity contribution < 1.29 is 19.8 Å². The number of carbonyl (C=O) groups excluding carboxylic acids is 1. The molecule has 1 unspecified atom stereocenters. The molecule has 0 heterocycles. The van der Waals surface area contributed by atoms with Crippen molar-refractivity contribution in [1.29, 1.82) is 0 Å². The molecule has 19 heavy (non-hydrogen) atoms. The van der Waals surface area contributed by atoms with Crippen molar-refractivity contribution in [2.45, 2.75) is 25.8 Å². The van der Waals surface area contributed by atoms with Crippen molar-refractivity contribution in [2.24, 2.45) is 0 Å². The first-order valence-corrected chi connectivity index (χ1v) is 5.90. The summed E-state index contributed by atoms with van der Waals surface area (Å²) < 4.78 is 0. The maximum Gasteiger partial charge on any atom is 0.326 e. The third kappa shape index (κ3) is 4.13. The lowest BCUT2D eigenvalue weighted by Crippen LogP contribution is -2.40. The quantitative estimate of drug-likeness (QED) is 0.683. The van der Waals surface area contributed by atoms with Gasteiger partial charge in [-0.05, 0) is 37.5 Å². The summed E-state index contributed by atoms with van der Waals surface area (Å²) >= 11 is 0. The summed E-state index contributed by atoms with van der Waals surface area (Å²) in [6.07, 6.45) is 2.33. The summed E-state index contributed by atoms with van der Waals surface area (Å²) in [6.45, 7) is 5.29. The van der Waals surface area contributed by atoms with Gasteiger partial charge >= 0.3 is 5.97 Å². The number of nitrogens with one attached hydrogen (secondary N) is 1. The van der Waals surface area contributed by atoms with E-state index in [1.165, 1.54) is 12.1 Å². The van der Waals surface area contributed by atoms with E-state index in [0.717, 1.165) is 5.56 Å². The summed E-state index contributed by atoms with van der Waals surface area (Å²) in [5, 5.41) is 21.0. The first-order valence-electron chi connectivity index (χ1n) is 5.90. The number of hydrogen-bond acceptors (Lipinski definition) is 3. The fourth-order valence-electron chi connectivity index (χ4n) is 1.61. The van der Waals surface area contributed by atoms with Gasteiger partial charge in [-0.15, -0.1) is 6.58 Å². The monoisotopic (exact) mass is 263 g/mol. The van der Waals surface area contributed by atoms with Gasteiger partial charge in [-0.25, -0.2) is 4.79 Å². The number of carbonyl (C=O) groups is 2. The number of hydrogen-bond donors (Lipinski definition) is 3. The fraction of sp³-hybridized carbons (Fsp3) is 0.286. The van der Waals surface area contributed by atoms with Crippen LogP contribution in [0.1, 0.15) is 28.8 Å². The second-order valence-corrected chi connectivity index (χ2v) is 4.25. The van der Waals surface area contributed by atoms with Crippen LogP contribution < -0.4 is 5.32 Å². The van der Waals surface area contributed by atoms with Gasteiger partial charge in [0.2, 0.25) is 0 Å². The van der Waals surface area contributed by atoms with Crippen LogP contribution in [0.15, 0.2) is 30.9 Å². The Kier molecular flexibility index (Phi) is 5.11. The Morgan fingerprint density at radius 3 is 2.68 bits per heavy atom. The Labute approximate surface area is 111 Å². The van der Waals surface area contributed by atoms with Gasteiger partial charge in [0.15, 0.2) is 0 Å². The van der Waals surface area contributed by atoms with Crippen LogP contribution in [0.25, 0.3) is 0 Å². The number of carboxylic acid groups (broad SMARTS) is 1. The molecular weight excluding hydrogens is 246 g/mol. The molecule has 0 aliphatic heterocycles. The average molecular weight is 263 g/mol. The lowest BCUT2D eigenvalue weighted by atomic mass is 10.1. The molecule has 0 spiro atoms. The van der Waals surface area contributed by atoms with E-state index in [4.69, 9.17) is 5.11 Å². The lowest BCUT2D eigenvalue weighted by molar-refractivity contribution is -0.139. The molecule has 5 heteroatoms. The predicted octanol–water partition coefficient (Wildman–Crippen LogP) is 1.85. The number of phenolic OH excluding ortho intramolecular Hbond substituents is 1. The molecule has 0 bridgehead atoms. The van der Waals surface area contributed by atoms with Gasteiger partial charge in [-0.3, -0.25) is 4.79 Å². The molecule has 0 saturated carbocycles. The number of aryl methyl sites for hydroxylation is 1. The van der Waals surface area contributed by atoms with Crippen LogP contribution in [0, 0.1) is 6.92 Å². The second-order valence-electron chi connectivity index (χ2n) is 4.25. The van der Waals surface area contributed by atoms with Gasteiger partial charge in [0, 0.05) is 0 Å². The smallest absolute Gasteiger partial charge is 0.326 e. The minimum absolute atomic E-state index is 0.0652. The molecule has 1 atom stereocenters. The van der Waals surface area contributed by atoms with Crippen molar-refractivity contribution in [1.82, 2.24) is 5.32 Å². The highest BCUT2D eigenvalue weighted by Crippen LogP contribution is 2.18. The maximum absolute atomic E-state index is 11.9. The normalized spacial score (nSPS) is 11.6. The molecule has 1 aromatic rings. The maximum atomic E-state index is 11.9. The summed E-state index contributed by atoms with van der Waals surface area (Å²) in [5.74, 6) is -1.87. The largest absolute Gasteiger partial charge is 0.507 e. The van der Waals surface area contributed by atoms with E-state index >= 15 is 0 Å². The second kappa shape index (κ2) is 6.58. The zero-order valence-electron chi connectivity index (χ0n) is 10.7. The van der Waals surface area contributed by atoms with Crippen LogP contribution in [0.4, 0.5) is 0 Å². The SMILES string of the molecule is C=CCCC(NC(=O)c1ccc(C)cc1O)C(=O)O. The number of allylic oxidation sites excluding steroid dienone is 1. The summed E-state index contributed by atoms with van der Waals surface area (Å²) in [7, 11) is 0. The van der Waals surface area contributed by atoms with E-state index < -0.39 is 17.9 Å². The molecule has 1 rings (SSSR count). The molecular formula is C14H17NO4. The van der Waals surface area contributed by atoms with Crippen LogP contribution in [0.3, 0.4) is 0 Å². The van der Waals surface area contributed by atoms with Gasteiger partial charge in [0.1, 0.15) is 11.8 Å². The molecule has 0 saturated heterocycles. The summed E-state index contributed by atoms with van der Waals surface area (Å²) in [5.41, 5.74) is 0.881. The third-order valence-corrected chi connectivity index (χ3v) is 2.66. The van der Waals surface area contributed by atoms with E-state index in [9.17, 15) is 14.7 Å². The van der Waals surface area contributed by atoms with Crippen LogP contribution in [0.5, 0.6) is 5.75 Å². The van der Waals surface area contributed by atoms with Crippen molar-refractivity contribution in [2.75, 3.05) is 0 Å². The summed E-state index contributed by atoms with van der Waals surface area (Å²) in [6, 6.07) is 3.60. The number of phenols is 1. The van der Waals surface area contributed by atoms with E-state index in [0.29, 0.717) is 6.42 Å². The Balaban J connectivity index is 2.81. The molecule has 0 aromatic heterocycles. The Hall–Kier alpha value is -2.30. The number of benzene rings is 1. The van der Waals surface area contributed by atoms with Crippen LogP contribution in [-0.2, 0) is 4.79 Å². The van der Waals surface area contributed by atoms with Crippen molar-refractivity contribution >= 4 is 11.9 Å². The molecule has 102 valence electrons. The third-order valence-electron chi connectivity index (χ3n) is 2.66. The van der Waals surface area contributed by atoms with E-state index in [1.54, 1.807) is 19.1 Å². The zero-order chi connectivity index (χ0) is 14.4. The molecule has 5 nitrogen and oxygen atoms in total. The molecule has 0 radical (unpaired) electrons. The highest BCUT2D eigenvalue weighted by Gasteiger charge is 2.21. The highest BCUT2D eigenvalue weighted by molar-refractivity contribution is 5.98. The van der Waals surface area contributed by atoms with Crippen molar-refractivity contribution in [3.63, 3.8) is 0 Å². The van der Waals surface area contributed by atoms with Gasteiger partial charge in [-0.1, -0.05) is 12.1 Å². The molecule has 3 N–H and O–H groups in total. The first-order chi connectivity index (χ1) is 8.95. The summed E-state index contributed by atoms with van der Waals surface area (Å²) in [4.78, 5) is 22.9. The standard InChI is InChI=1S/C14H17NO4/c1-3-4-5-11(14(18)19)15-13(17)10-7-6-9(2)8-12(10)16/h3,6-8,11,16H,1,4-5H2,2H3,(H,15,17)(H,18,19).